The lowest BCUT2D eigenvalue weighted by Crippen LogP contribution is -2.23. The van der Waals surface area contributed by atoms with Crippen LogP contribution in [0.15, 0.2) is 23.0 Å². The lowest BCUT2D eigenvalue weighted by Gasteiger charge is -2.11. The second kappa shape index (κ2) is 6.90. The highest BCUT2D eigenvalue weighted by molar-refractivity contribution is 5.70. The number of aryl methyl sites for hydroxylation is 1. The van der Waals surface area contributed by atoms with E-state index in [1.807, 2.05) is 26.0 Å². The summed E-state index contributed by atoms with van der Waals surface area (Å²) in [4.78, 5) is 29.7. The molecule has 3 aromatic heterocycles. The number of ether oxygens (including phenoxy) is 1. The molecule has 1 saturated carbocycles. The number of H-pyrrole nitrogens is 1. The van der Waals surface area contributed by atoms with E-state index in [1.54, 1.807) is 10.6 Å². The molecule has 1 fully saturated rings. The van der Waals surface area contributed by atoms with Gasteiger partial charge in [0.05, 0.1) is 0 Å². The maximum atomic E-state index is 13.0. The molecule has 3 heterocycles. The van der Waals surface area contributed by atoms with Gasteiger partial charge in [-0.15, -0.1) is 0 Å². The van der Waals surface area contributed by atoms with Gasteiger partial charge in [0, 0.05) is 24.2 Å². The summed E-state index contributed by atoms with van der Waals surface area (Å²) >= 11 is 0. The van der Waals surface area contributed by atoms with E-state index in [0.717, 1.165) is 30.8 Å². The summed E-state index contributed by atoms with van der Waals surface area (Å²) in [6.07, 6.45) is 5.44. The number of pyridine rings is 1. The Kier molecular flexibility index (Phi) is 4.44. The molecule has 0 unspecified atom stereocenters. The number of hydrogen-bond donors (Lipinski definition) is 1. The molecular weight excluding hydrogens is 330 g/mol. The average molecular weight is 353 g/mol. The first kappa shape index (κ1) is 16.8. The molecule has 0 aromatic carbocycles. The minimum Gasteiger partial charge on any atom is -0.406 e. The smallest absolute Gasteiger partial charge is 0.308 e. The summed E-state index contributed by atoms with van der Waals surface area (Å²) in [7, 11) is 0. The highest BCUT2D eigenvalue weighted by Crippen LogP contribution is 2.33. The van der Waals surface area contributed by atoms with Crippen molar-refractivity contribution in [1.29, 1.82) is 0 Å². The first-order valence-corrected chi connectivity index (χ1v) is 9.27. The maximum absolute atomic E-state index is 13.0. The lowest BCUT2D eigenvalue weighted by atomic mass is 10.1. The number of nitrogens with zero attached hydrogens (tertiary/aromatic N) is 4. The summed E-state index contributed by atoms with van der Waals surface area (Å²) in [5.41, 5.74) is 1.59. The fourth-order valence-electron chi connectivity index (χ4n) is 3.54. The third-order valence-corrected chi connectivity index (χ3v) is 4.84. The van der Waals surface area contributed by atoms with Crippen molar-refractivity contribution in [3.63, 3.8) is 0 Å². The van der Waals surface area contributed by atoms with E-state index in [1.165, 1.54) is 12.8 Å². The van der Waals surface area contributed by atoms with E-state index in [-0.39, 0.29) is 11.6 Å². The van der Waals surface area contributed by atoms with E-state index in [9.17, 15) is 4.79 Å². The zero-order valence-corrected chi connectivity index (χ0v) is 15.2. The molecule has 1 aliphatic rings. The zero-order valence-electron chi connectivity index (χ0n) is 15.2. The van der Waals surface area contributed by atoms with Gasteiger partial charge in [0.2, 0.25) is 5.88 Å². The van der Waals surface area contributed by atoms with Gasteiger partial charge in [-0.2, -0.15) is 4.98 Å². The van der Waals surface area contributed by atoms with Crippen LogP contribution < -0.4 is 10.3 Å². The van der Waals surface area contributed by atoms with Crippen molar-refractivity contribution in [3.8, 4) is 11.9 Å². The van der Waals surface area contributed by atoms with E-state index in [4.69, 9.17) is 4.74 Å². The molecule has 7 nitrogen and oxygen atoms in total. The molecule has 26 heavy (non-hydrogen) atoms. The van der Waals surface area contributed by atoms with Gasteiger partial charge in [0.1, 0.15) is 5.82 Å². The van der Waals surface area contributed by atoms with Crippen molar-refractivity contribution >= 4 is 11.2 Å². The highest BCUT2D eigenvalue weighted by Gasteiger charge is 2.23. The number of fused-ring (bicyclic) bond motifs is 1. The Balaban J connectivity index is 1.79. The topological polar surface area (TPSA) is 85.7 Å². The fourth-order valence-corrected chi connectivity index (χ4v) is 3.54. The molecule has 3 aromatic rings. The van der Waals surface area contributed by atoms with Gasteiger partial charge in [-0.05, 0) is 32.3 Å². The van der Waals surface area contributed by atoms with Gasteiger partial charge in [0.25, 0.3) is 5.56 Å². The Hall–Kier alpha value is -2.70. The van der Waals surface area contributed by atoms with E-state index in [2.05, 4.69) is 19.9 Å². The first-order chi connectivity index (χ1) is 12.7. The van der Waals surface area contributed by atoms with E-state index < -0.39 is 0 Å². The SMILES string of the molecule is CCCn1c(Oc2cccc(C)n2)nc2nc(C3CCCC3)[nH]c2c1=O. The quantitative estimate of drug-likeness (QED) is 0.756. The summed E-state index contributed by atoms with van der Waals surface area (Å²) in [5.74, 6) is 1.69. The Bertz CT molecular complexity index is 985. The molecule has 0 aliphatic heterocycles. The van der Waals surface area contributed by atoms with Crippen molar-refractivity contribution in [2.75, 3.05) is 0 Å². The Morgan fingerprint density at radius 2 is 2.04 bits per heavy atom. The second-order valence-corrected chi connectivity index (χ2v) is 6.87. The number of aromatic amines is 1. The van der Waals surface area contributed by atoms with Crippen LogP contribution >= 0.6 is 0 Å². The van der Waals surface area contributed by atoms with E-state index >= 15 is 0 Å². The van der Waals surface area contributed by atoms with Crippen LogP contribution in [0.2, 0.25) is 0 Å². The molecule has 1 aliphatic carbocycles. The predicted molar refractivity (Wildman–Crippen MR) is 98.7 cm³/mol. The Morgan fingerprint density at radius 3 is 2.77 bits per heavy atom. The molecule has 4 rings (SSSR count). The standard InChI is InChI=1S/C19H23N5O2/c1-3-11-24-18(25)15-17(22-16(21-15)13-8-4-5-9-13)23-19(24)26-14-10-6-7-12(2)20-14/h6-7,10,13H,3-5,8-9,11H2,1-2H3,(H,21,22). The van der Waals surface area contributed by atoms with Gasteiger partial charge in [-0.25, -0.2) is 9.97 Å². The molecule has 1 N–H and O–H groups in total. The van der Waals surface area contributed by atoms with Gasteiger partial charge in [-0.3, -0.25) is 9.36 Å². The number of imidazole rings is 1. The van der Waals surface area contributed by atoms with Crippen molar-refractivity contribution in [3.05, 3.63) is 40.1 Å². The predicted octanol–water partition coefficient (Wildman–Crippen LogP) is 3.68. The van der Waals surface area contributed by atoms with Crippen LogP contribution in [0.3, 0.4) is 0 Å². The lowest BCUT2D eigenvalue weighted by molar-refractivity contribution is 0.385. The molecule has 0 spiro atoms. The molecule has 0 amide bonds. The van der Waals surface area contributed by atoms with Crippen molar-refractivity contribution in [2.45, 2.75) is 58.4 Å². The molecule has 0 radical (unpaired) electrons. The molecular formula is C19H23N5O2. The van der Waals surface area contributed by atoms with Crippen molar-refractivity contribution in [2.24, 2.45) is 0 Å². The van der Waals surface area contributed by atoms with Crippen LogP contribution in [0.4, 0.5) is 0 Å². The van der Waals surface area contributed by atoms with Crippen molar-refractivity contribution < 1.29 is 4.74 Å². The highest BCUT2D eigenvalue weighted by atomic mass is 16.5. The Labute approximate surface area is 151 Å². The first-order valence-electron chi connectivity index (χ1n) is 9.27. The number of rotatable bonds is 5. The molecule has 7 heteroatoms. The average Bonchev–Trinajstić information content (AvgIpc) is 3.27. The second-order valence-electron chi connectivity index (χ2n) is 6.87. The third kappa shape index (κ3) is 3.09. The minimum absolute atomic E-state index is 0.142. The van der Waals surface area contributed by atoms with E-state index in [0.29, 0.717) is 29.5 Å². The molecule has 0 bridgehead atoms. The number of nitrogens with one attached hydrogen (secondary N) is 1. The number of hydrogen-bond acceptors (Lipinski definition) is 5. The summed E-state index contributed by atoms with van der Waals surface area (Å²) in [6, 6.07) is 5.76. The van der Waals surface area contributed by atoms with Crippen LogP contribution in [0.1, 0.15) is 56.5 Å². The molecule has 136 valence electrons. The van der Waals surface area contributed by atoms with Crippen LogP contribution in [-0.4, -0.2) is 24.5 Å². The van der Waals surface area contributed by atoms with Gasteiger partial charge < -0.3 is 9.72 Å². The largest absolute Gasteiger partial charge is 0.406 e. The van der Waals surface area contributed by atoms with Gasteiger partial charge in [-0.1, -0.05) is 25.8 Å². The normalized spacial score (nSPS) is 15.0. The van der Waals surface area contributed by atoms with Crippen LogP contribution in [0.5, 0.6) is 11.9 Å². The van der Waals surface area contributed by atoms with Gasteiger partial charge >= 0.3 is 6.01 Å². The van der Waals surface area contributed by atoms with Gasteiger partial charge in [0.15, 0.2) is 11.2 Å². The zero-order chi connectivity index (χ0) is 18.1. The monoisotopic (exact) mass is 353 g/mol. The van der Waals surface area contributed by atoms with Crippen LogP contribution in [-0.2, 0) is 6.54 Å². The Morgan fingerprint density at radius 1 is 1.23 bits per heavy atom. The molecule has 0 saturated heterocycles. The van der Waals surface area contributed by atoms with Crippen LogP contribution in [0, 0.1) is 6.92 Å². The molecule has 0 atom stereocenters. The van der Waals surface area contributed by atoms with Crippen LogP contribution in [0.25, 0.3) is 11.2 Å². The summed E-state index contributed by atoms with van der Waals surface area (Å²) in [5, 5.41) is 0. The van der Waals surface area contributed by atoms with Crippen molar-refractivity contribution in [1.82, 2.24) is 24.5 Å². The summed E-state index contributed by atoms with van der Waals surface area (Å²) in [6.45, 7) is 4.44. The third-order valence-electron chi connectivity index (χ3n) is 4.84. The minimum atomic E-state index is -0.142. The summed E-state index contributed by atoms with van der Waals surface area (Å²) < 4.78 is 7.41. The maximum Gasteiger partial charge on any atom is 0.308 e. The fraction of sp³-hybridized carbons (Fsp3) is 0.474. The number of aromatic nitrogens is 5.